The molecular formula is C25H31NO4. The number of hydrogen-bond donors (Lipinski definition) is 0. The molecule has 0 radical (unpaired) electrons. The molecule has 3 rings (SSSR count). The number of esters is 1. The second-order valence-electron chi connectivity index (χ2n) is 9.04. The number of rotatable bonds is 5. The van der Waals surface area contributed by atoms with Gasteiger partial charge in [-0.15, -0.1) is 0 Å². The molecule has 1 aliphatic rings. The van der Waals surface area contributed by atoms with Crippen LogP contribution >= 0.6 is 0 Å². The molecule has 1 heterocycles. The average Bonchev–Trinajstić information content (AvgIpc) is 2.63. The average molecular weight is 410 g/mol. The highest BCUT2D eigenvalue weighted by Crippen LogP contribution is 2.41. The summed E-state index contributed by atoms with van der Waals surface area (Å²) in [5.41, 5.74) is 4.62. The molecule has 2 aromatic carbocycles. The van der Waals surface area contributed by atoms with Gasteiger partial charge < -0.3 is 14.4 Å². The Morgan fingerprint density at radius 2 is 1.80 bits per heavy atom. The van der Waals surface area contributed by atoms with Crippen LogP contribution in [0.3, 0.4) is 0 Å². The van der Waals surface area contributed by atoms with Crippen molar-refractivity contribution in [3.63, 3.8) is 0 Å². The van der Waals surface area contributed by atoms with Gasteiger partial charge in [0, 0.05) is 12.3 Å². The number of methoxy groups -OCH3 is 1. The van der Waals surface area contributed by atoms with Crippen LogP contribution in [0.15, 0.2) is 36.4 Å². The summed E-state index contributed by atoms with van der Waals surface area (Å²) in [5.74, 6) is 0.370. The van der Waals surface area contributed by atoms with Crippen molar-refractivity contribution in [2.24, 2.45) is 0 Å². The number of anilines is 1. The van der Waals surface area contributed by atoms with Crippen molar-refractivity contribution < 1.29 is 19.1 Å². The van der Waals surface area contributed by atoms with E-state index in [0.717, 1.165) is 33.7 Å². The van der Waals surface area contributed by atoms with Gasteiger partial charge in [-0.3, -0.25) is 9.59 Å². The zero-order valence-corrected chi connectivity index (χ0v) is 18.7. The first-order chi connectivity index (χ1) is 14.1. The van der Waals surface area contributed by atoms with Crippen LogP contribution in [-0.4, -0.2) is 24.6 Å². The maximum Gasteiger partial charge on any atom is 0.306 e. The van der Waals surface area contributed by atoms with Crippen LogP contribution in [0, 0.1) is 13.8 Å². The molecule has 30 heavy (non-hydrogen) atoms. The lowest BCUT2D eigenvalue weighted by Crippen LogP contribution is -2.38. The van der Waals surface area contributed by atoms with Gasteiger partial charge in [-0.25, -0.2) is 0 Å². The zero-order chi connectivity index (χ0) is 22.1. The molecule has 0 bridgehead atoms. The van der Waals surface area contributed by atoms with E-state index in [2.05, 4.69) is 12.1 Å². The topological polar surface area (TPSA) is 55.8 Å². The predicted octanol–water partition coefficient (Wildman–Crippen LogP) is 5.06. The number of aryl methyl sites for hydroxylation is 2. The zero-order valence-electron chi connectivity index (χ0n) is 18.7. The van der Waals surface area contributed by atoms with E-state index in [4.69, 9.17) is 9.47 Å². The van der Waals surface area contributed by atoms with E-state index < -0.39 is 5.60 Å². The molecule has 0 saturated carbocycles. The number of carbonyl (C=O) groups is 2. The standard InChI is InChI=1S/C25H31NO4/c1-16-11-17(2)24-21(12-16)19(14-23(28)30-25(3,4)5)13-22(27)26(24)15-18-7-9-20(29-6)10-8-18/h7-12,19H,13-15H2,1-6H3/t19-/m1/s1. The highest BCUT2D eigenvalue weighted by molar-refractivity contribution is 5.98. The van der Waals surface area contributed by atoms with Gasteiger partial charge in [-0.1, -0.05) is 29.8 Å². The molecule has 5 heteroatoms. The summed E-state index contributed by atoms with van der Waals surface area (Å²) in [4.78, 5) is 27.5. The van der Waals surface area contributed by atoms with E-state index in [-0.39, 0.29) is 24.2 Å². The summed E-state index contributed by atoms with van der Waals surface area (Å²) in [6.07, 6.45) is 0.501. The fourth-order valence-electron chi connectivity index (χ4n) is 4.08. The second-order valence-corrected chi connectivity index (χ2v) is 9.04. The molecule has 160 valence electrons. The molecule has 0 saturated heterocycles. The molecule has 1 amide bonds. The van der Waals surface area contributed by atoms with Crippen LogP contribution in [0.5, 0.6) is 5.75 Å². The van der Waals surface area contributed by atoms with Gasteiger partial charge in [-0.2, -0.15) is 0 Å². The van der Waals surface area contributed by atoms with Gasteiger partial charge in [0.25, 0.3) is 0 Å². The first kappa shape index (κ1) is 21.9. The van der Waals surface area contributed by atoms with E-state index in [0.29, 0.717) is 13.0 Å². The third-order valence-electron chi connectivity index (χ3n) is 5.24. The second kappa shape index (κ2) is 8.50. The van der Waals surface area contributed by atoms with Gasteiger partial charge in [0.1, 0.15) is 11.4 Å². The summed E-state index contributed by atoms with van der Waals surface area (Å²) in [6.45, 7) is 10.1. The van der Waals surface area contributed by atoms with Crippen LogP contribution in [0.2, 0.25) is 0 Å². The van der Waals surface area contributed by atoms with E-state index in [1.165, 1.54) is 0 Å². The number of amides is 1. The molecular weight excluding hydrogens is 378 g/mol. The summed E-state index contributed by atoms with van der Waals surface area (Å²) in [5, 5.41) is 0. The Kier molecular flexibility index (Phi) is 6.20. The fraction of sp³-hybridized carbons (Fsp3) is 0.440. The lowest BCUT2D eigenvalue weighted by Gasteiger charge is -2.36. The van der Waals surface area contributed by atoms with Gasteiger partial charge in [0.15, 0.2) is 0 Å². The Bertz CT molecular complexity index is 941. The molecule has 5 nitrogen and oxygen atoms in total. The van der Waals surface area contributed by atoms with E-state index >= 15 is 0 Å². The van der Waals surface area contributed by atoms with Crippen molar-refractivity contribution in [1.82, 2.24) is 0 Å². The summed E-state index contributed by atoms with van der Waals surface area (Å²) >= 11 is 0. The molecule has 0 spiro atoms. The Labute approximate surface area is 179 Å². The Morgan fingerprint density at radius 3 is 2.40 bits per heavy atom. The largest absolute Gasteiger partial charge is 0.497 e. The maximum absolute atomic E-state index is 13.1. The number of carbonyl (C=O) groups excluding carboxylic acids is 2. The van der Waals surface area contributed by atoms with Crippen molar-refractivity contribution in [1.29, 1.82) is 0 Å². The first-order valence-electron chi connectivity index (χ1n) is 10.3. The summed E-state index contributed by atoms with van der Waals surface area (Å²) in [7, 11) is 1.63. The van der Waals surface area contributed by atoms with Crippen LogP contribution in [-0.2, 0) is 20.9 Å². The Hall–Kier alpha value is -2.82. The van der Waals surface area contributed by atoms with E-state index in [9.17, 15) is 9.59 Å². The molecule has 0 fully saturated rings. The Balaban J connectivity index is 1.93. The molecule has 2 aromatic rings. The smallest absolute Gasteiger partial charge is 0.306 e. The minimum atomic E-state index is -0.540. The van der Waals surface area contributed by atoms with Gasteiger partial charge in [0.2, 0.25) is 5.91 Å². The normalized spacial score (nSPS) is 16.3. The lowest BCUT2D eigenvalue weighted by atomic mass is 9.84. The lowest BCUT2D eigenvalue weighted by molar-refractivity contribution is -0.155. The van der Waals surface area contributed by atoms with Crippen LogP contribution < -0.4 is 9.64 Å². The minimum absolute atomic E-state index is 0.0267. The SMILES string of the molecule is COc1ccc(CN2C(=O)C[C@H](CC(=O)OC(C)(C)C)c3cc(C)cc(C)c32)cc1. The molecule has 0 unspecified atom stereocenters. The fourth-order valence-corrected chi connectivity index (χ4v) is 4.08. The van der Waals surface area contributed by atoms with Crippen LogP contribution in [0.25, 0.3) is 0 Å². The monoisotopic (exact) mass is 409 g/mol. The van der Waals surface area contributed by atoms with Gasteiger partial charge >= 0.3 is 5.97 Å². The molecule has 1 atom stereocenters. The van der Waals surface area contributed by atoms with Crippen molar-refractivity contribution in [3.8, 4) is 5.75 Å². The predicted molar refractivity (Wildman–Crippen MR) is 118 cm³/mol. The van der Waals surface area contributed by atoms with E-state index in [1.54, 1.807) is 7.11 Å². The van der Waals surface area contributed by atoms with Gasteiger partial charge in [0.05, 0.1) is 25.8 Å². The number of hydrogen-bond acceptors (Lipinski definition) is 4. The molecule has 0 aliphatic carbocycles. The number of nitrogens with zero attached hydrogens (tertiary/aromatic N) is 1. The molecule has 0 aromatic heterocycles. The Morgan fingerprint density at radius 1 is 1.13 bits per heavy atom. The first-order valence-corrected chi connectivity index (χ1v) is 10.3. The number of ether oxygens (including phenoxy) is 2. The third-order valence-corrected chi connectivity index (χ3v) is 5.24. The van der Waals surface area contributed by atoms with Crippen LogP contribution in [0.4, 0.5) is 5.69 Å². The summed E-state index contributed by atoms with van der Waals surface area (Å²) < 4.78 is 10.7. The number of benzene rings is 2. The molecule has 1 aliphatic heterocycles. The third kappa shape index (κ3) is 5.02. The quantitative estimate of drug-likeness (QED) is 0.648. The maximum atomic E-state index is 13.1. The van der Waals surface area contributed by atoms with Crippen molar-refractivity contribution in [2.45, 2.75) is 65.5 Å². The van der Waals surface area contributed by atoms with Crippen LogP contribution in [0.1, 0.15) is 61.8 Å². The number of fused-ring (bicyclic) bond motifs is 1. The van der Waals surface area contributed by atoms with Crippen molar-refractivity contribution in [2.75, 3.05) is 12.0 Å². The van der Waals surface area contributed by atoms with Gasteiger partial charge in [-0.05, 0) is 63.4 Å². The van der Waals surface area contributed by atoms with Crippen molar-refractivity contribution >= 4 is 17.6 Å². The molecule has 0 N–H and O–H groups in total. The highest BCUT2D eigenvalue weighted by atomic mass is 16.6. The minimum Gasteiger partial charge on any atom is -0.497 e. The van der Waals surface area contributed by atoms with Crippen molar-refractivity contribution in [3.05, 3.63) is 58.7 Å². The highest BCUT2D eigenvalue weighted by Gasteiger charge is 2.34. The summed E-state index contributed by atoms with van der Waals surface area (Å²) in [6, 6.07) is 11.9. The van der Waals surface area contributed by atoms with E-state index in [1.807, 2.05) is 63.8 Å².